The summed E-state index contributed by atoms with van der Waals surface area (Å²) in [4.78, 5) is 0. The second-order valence-corrected chi connectivity index (χ2v) is 25.3. The van der Waals surface area contributed by atoms with E-state index < -0.39 is 0 Å². The van der Waals surface area contributed by atoms with Crippen LogP contribution in [0.4, 0.5) is 11.4 Å². The molecule has 0 amide bonds. The molecule has 3 nitrogen and oxygen atoms in total. The van der Waals surface area contributed by atoms with E-state index in [0.29, 0.717) is 0 Å². The predicted molar refractivity (Wildman–Crippen MR) is 303 cm³/mol. The van der Waals surface area contributed by atoms with Gasteiger partial charge in [0.2, 0.25) is 0 Å². The third-order valence-corrected chi connectivity index (χ3v) is 18.3. The van der Waals surface area contributed by atoms with Gasteiger partial charge in [0, 0.05) is 60.5 Å². The number of nitrogens with one attached hydrogen (secondary N) is 1. The minimum Gasteiger partial charge on any atom is -0.456 e. The molecule has 2 aromatic heterocycles. The SMILES string of the molecule is Cc1cc(-c2cc3c(cc2Nc2ccc(C(C)(C)C)cc2)-c2cc4c(cc2C3(C)C)C(C)(C)CCC4(C)C)c2c3c1c1cc4oc5ccccc5c4cc1n3-c1cc3c(cc1B2)-c1ccccc1C3(C)C. The minimum absolute atomic E-state index is 0.0615. The van der Waals surface area contributed by atoms with E-state index >= 15 is 0 Å². The average Bonchev–Trinajstić information content (AvgIpc) is 4.00. The molecule has 0 unspecified atom stereocenters. The molecule has 3 aliphatic carbocycles. The highest BCUT2D eigenvalue weighted by Crippen LogP contribution is 2.57. The second-order valence-electron chi connectivity index (χ2n) is 25.3. The van der Waals surface area contributed by atoms with Gasteiger partial charge in [0.15, 0.2) is 7.28 Å². The van der Waals surface area contributed by atoms with Crippen LogP contribution in [0.5, 0.6) is 0 Å². The van der Waals surface area contributed by atoms with E-state index in [2.05, 4.69) is 220 Å². The number of benzene rings is 8. The number of nitrogens with zero attached hydrogens (tertiary/aromatic N) is 1. The van der Waals surface area contributed by atoms with Crippen molar-refractivity contribution in [2.75, 3.05) is 5.32 Å². The molecule has 4 heteroatoms. The average molecular weight is 923 g/mol. The van der Waals surface area contributed by atoms with E-state index in [9.17, 15) is 0 Å². The molecule has 3 heterocycles. The van der Waals surface area contributed by atoms with Gasteiger partial charge in [0.05, 0.1) is 5.52 Å². The van der Waals surface area contributed by atoms with Crippen molar-refractivity contribution < 1.29 is 4.42 Å². The summed E-state index contributed by atoms with van der Waals surface area (Å²) in [5, 5.41) is 8.96. The lowest BCUT2D eigenvalue weighted by Crippen LogP contribution is -2.38. The summed E-state index contributed by atoms with van der Waals surface area (Å²) in [6.07, 6.45) is 2.39. The predicted octanol–water partition coefficient (Wildman–Crippen LogP) is 16.4. The minimum atomic E-state index is -0.200. The third kappa shape index (κ3) is 5.80. The Bertz CT molecular complexity index is 4030. The van der Waals surface area contributed by atoms with Crippen LogP contribution in [0.15, 0.2) is 132 Å². The zero-order valence-electron chi connectivity index (χ0n) is 43.6. The zero-order valence-corrected chi connectivity index (χ0v) is 43.6. The Kier molecular flexibility index (Phi) is 8.36. The van der Waals surface area contributed by atoms with E-state index in [1.54, 1.807) is 0 Å². The number of hydrogen-bond acceptors (Lipinski definition) is 2. The molecule has 71 heavy (non-hydrogen) atoms. The molecule has 0 saturated heterocycles. The summed E-state index contributed by atoms with van der Waals surface area (Å²) in [6, 6.07) is 49.5. The summed E-state index contributed by atoms with van der Waals surface area (Å²) in [5.74, 6) is 0. The van der Waals surface area contributed by atoms with Crippen LogP contribution in [0.1, 0.15) is 134 Å². The Balaban J connectivity index is 1.07. The van der Waals surface area contributed by atoms with Crippen molar-refractivity contribution in [2.24, 2.45) is 0 Å². The summed E-state index contributed by atoms with van der Waals surface area (Å²) >= 11 is 0. The highest BCUT2D eigenvalue weighted by atomic mass is 16.3. The van der Waals surface area contributed by atoms with Crippen LogP contribution < -0.4 is 16.2 Å². The molecule has 4 aliphatic rings. The van der Waals surface area contributed by atoms with Gasteiger partial charge in [-0.05, 0) is 168 Å². The van der Waals surface area contributed by atoms with Gasteiger partial charge in [-0.2, -0.15) is 0 Å². The number of fused-ring (bicyclic) bond motifs is 15. The maximum atomic E-state index is 6.65. The molecule has 0 radical (unpaired) electrons. The van der Waals surface area contributed by atoms with Gasteiger partial charge in [-0.3, -0.25) is 0 Å². The van der Waals surface area contributed by atoms with Crippen molar-refractivity contribution in [3.8, 4) is 39.1 Å². The molecular formula is C67H63BN2O. The Morgan fingerprint density at radius 3 is 1.93 bits per heavy atom. The third-order valence-electron chi connectivity index (χ3n) is 18.3. The first-order chi connectivity index (χ1) is 33.7. The molecular weight excluding hydrogens is 860 g/mol. The molecule has 0 saturated carbocycles. The van der Waals surface area contributed by atoms with Crippen molar-refractivity contribution >= 4 is 73.3 Å². The molecule has 0 spiro atoms. The molecule has 350 valence electrons. The maximum Gasteiger partial charge on any atom is 0.198 e. The Morgan fingerprint density at radius 1 is 0.535 bits per heavy atom. The van der Waals surface area contributed by atoms with Gasteiger partial charge < -0.3 is 14.3 Å². The number of aryl methyl sites for hydroxylation is 1. The normalized spacial score (nSPS) is 17.2. The van der Waals surface area contributed by atoms with E-state index in [-0.39, 0.29) is 27.1 Å². The zero-order chi connectivity index (χ0) is 49.1. The van der Waals surface area contributed by atoms with Gasteiger partial charge in [-0.15, -0.1) is 0 Å². The first-order valence-electron chi connectivity index (χ1n) is 26.2. The van der Waals surface area contributed by atoms with E-state index in [0.717, 1.165) is 40.6 Å². The summed E-state index contributed by atoms with van der Waals surface area (Å²) in [5.41, 5.74) is 30.0. The van der Waals surface area contributed by atoms with Crippen molar-refractivity contribution in [3.63, 3.8) is 0 Å². The molecule has 10 aromatic rings. The lowest BCUT2D eigenvalue weighted by Gasteiger charge is -2.42. The fourth-order valence-electron chi connectivity index (χ4n) is 14.1. The number of furan rings is 1. The van der Waals surface area contributed by atoms with Crippen LogP contribution in [-0.2, 0) is 27.1 Å². The standard InChI is InChI=1S/C67H63BN2O/c1-36-27-46(44-29-49-43(31-55(44)69-38-23-21-37(22-24-38)63(2,3)4)41-28-52-53(34-50(41)67(49,11)12)65(7,8)26-25-64(52,5)6)61-62-60(36)47-33-59-45(40-18-14-16-20-58(40)71-59)32-56(47)70(62)57-35-51-42(30-54(57)68-61)39-17-13-15-19-48(39)66(51,9)10/h13-24,27-35,68-69H,25-26H2,1-12H3. The monoisotopic (exact) mass is 923 g/mol. The fraction of sp³-hybridized carbons (Fsp3) is 0.284. The van der Waals surface area contributed by atoms with Crippen LogP contribution >= 0.6 is 0 Å². The molecule has 0 fully saturated rings. The van der Waals surface area contributed by atoms with E-state index in [4.69, 9.17) is 4.42 Å². The van der Waals surface area contributed by atoms with Crippen LogP contribution in [0.25, 0.3) is 82.8 Å². The maximum absolute atomic E-state index is 6.65. The van der Waals surface area contributed by atoms with Crippen molar-refractivity contribution in [1.29, 1.82) is 0 Å². The quantitative estimate of drug-likeness (QED) is 0.179. The lowest BCUT2D eigenvalue weighted by atomic mass is 9.58. The largest absolute Gasteiger partial charge is 0.456 e. The Morgan fingerprint density at radius 2 is 1.17 bits per heavy atom. The fourth-order valence-corrected chi connectivity index (χ4v) is 14.1. The second kappa shape index (κ2) is 13.8. The summed E-state index contributed by atoms with van der Waals surface area (Å²) in [6.45, 7) is 28.8. The first-order valence-corrected chi connectivity index (χ1v) is 26.2. The Hall–Kier alpha value is -6.78. The highest BCUT2D eigenvalue weighted by molar-refractivity contribution is 6.73. The van der Waals surface area contributed by atoms with E-state index in [1.807, 2.05) is 0 Å². The molecule has 1 aliphatic heterocycles. The van der Waals surface area contributed by atoms with Gasteiger partial charge in [0.25, 0.3) is 0 Å². The number of hydrogen-bond donors (Lipinski definition) is 1. The first kappa shape index (κ1) is 43.0. The summed E-state index contributed by atoms with van der Waals surface area (Å²) < 4.78 is 9.30. The Labute approximate surface area is 419 Å². The topological polar surface area (TPSA) is 30.1 Å². The smallest absolute Gasteiger partial charge is 0.198 e. The van der Waals surface area contributed by atoms with Crippen LogP contribution in [-0.4, -0.2) is 11.8 Å². The molecule has 8 aromatic carbocycles. The van der Waals surface area contributed by atoms with Crippen LogP contribution in [0.3, 0.4) is 0 Å². The van der Waals surface area contributed by atoms with Crippen molar-refractivity contribution in [2.45, 2.75) is 123 Å². The number of para-hydroxylation sites is 1. The number of anilines is 2. The van der Waals surface area contributed by atoms with Gasteiger partial charge >= 0.3 is 0 Å². The number of rotatable bonds is 3. The number of aromatic nitrogens is 1. The molecule has 1 N–H and O–H groups in total. The summed E-state index contributed by atoms with van der Waals surface area (Å²) in [7, 11) is 0.823. The van der Waals surface area contributed by atoms with Crippen LogP contribution in [0.2, 0.25) is 0 Å². The van der Waals surface area contributed by atoms with Gasteiger partial charge in [-0.25, -0.2) is 0 Å². The van der Waals surface area contributed by atoms with Gasteiger partial charge in [-0.1, -0.05) is 154 Å². The van der Waals surface area contributed by atoms with Crippen molar-refractivity contribution in [1.82, 2.24) is 4.57 Å². The molecule has 0 atom stereocenters. The molecule has 0 bridgehead atoms. The van der Waals surface area contributed by atoms with Gasteiger partial charge in [0.1, 0.15) is 11.2 Å². The van der Waals surface area contributed by atoms with Crippen LogP contribution in [0, 0.1) is 6.92 Å². The molecule has 14 rings (SSSR count). The lowest BCUT2D eigenvalue weighted by molar-refractivity contribution is 0.331. The highest BCUT2D eigenvalue weighted by Gasteiger charge is 2.44. The van der Waals surface area contributed by atoms with E-state index in [1.165, 1.54) is 129 Å². The van der Waals surface area contributed by atoms with Crippen molar-refractivity contribution in [3.05, 3.63) is 172 Å².